The van der Waals surface area contributed by atoms with Crippen LogP contribution >= 0.6 is 0 Å². The van der Waals surface area contributed by atoms with Gasteiger partial charge in [-0.2, -0.15) is 0 Å². The number of aryl methyl sites for hydroxylation is 2. The molecule has 0 fully saturated rings. The van der Waals surface area contributed by atoms with Crippen LogP contribution < -0.4 is 10.9 Å². The number of fused-ring (bicyclic) bond motifs is 4. The van der Waals surface area contributed by atoms with E-state index in [1.54, 1.807) is 35.4 Å². The van der Waals surface area contributed by atoms with Crippen LogP contribution in [0.5, 0.6) is 0 Å². The normalized spacial score (nSPS) is 11.9. The van der Waals surface area contributed by atoms with Gasteiger partial charge in [-0.3, -0.25) is 9.59 Å². The molecule has 5 aromatic rings. The molecule has 0 aliphatic carbocycles. The molecular formula is C22H14F2N2O2. The molecule has 2 heterocycles. The van der Waals surface area contributed by atoms with E-state index in [9.17, 15) is 18.4 Å². The van der Waals surface area contributed by atoms with Gasteiger partial charge in [-0.1, -0.05) is 0 Å². The first-order valence-corrected chi connectivity index (χ1v) is 8.71. The molecule has 2 aromatic heterocycles. The Bertz CT molecular complexity index is 1480. The second-order valence-corrected chi connectivity index (χ2v) is 6.99. The first-order chi connectivity index (χ1) is 13.4. The third-order valence-corrected chi connectivity index (χ3v) is 5.46. The number of halogens is 2. The Morgan fingerprint density at radius 1 is 0.571 bits per heavy atom. The molecule has 3 aromatic carbocycles. The molecule has 0 N–H and O–H groups in total. The molecule has 0 amide bonds. The number of benzene rings is 3. The van der Waals surface area contributed by atoms with Crippen molar-refractivity contribution in [2.24, 2.45) is 14.1 Å². The van der Waals surface area contributed by atoms with E-state index >= 15 is 0 Å². The second kappa shape index (κ2) is 5.48. The van der Waals surface area contributed by atoms with Crippen molar-refractivity contribution in [3.05, 3.63) is 80.6 Å². The Balaban J connectivity index is 2.08. The fourth-order valence-corrected chi connectivity index (χ4v) is 3.99. The van der Waals surface area contributed by atoms with Gasteiger partial charge >= 0.3 is 0 Å². The van der Waals surface area contributed by atoms with Gasteiger partial charge in [0.1, 0.15) is 11.6 Å². The van der Waals surface area contributed by atoms with Crippen molar-refractivity contribution in [3.63, 3.8) is 0 Å². The van der Waals surface area contributed by atoms with Crippen molar-refractivity contribution in [1.29, 1.82) is 0 Å². The Morgan fingerprint density at radius 2 is 0.929 bits per heavy atom. The highest BCUT2D eigenvalue weighted by atomic mass is 19.1. The van der Waals surface area contributed by atoms with Gasteiger partial charge in [-0.05, 0) is 48.5 Å². The summed E-state index contributed by atoms with van der Waals surface area (Å²) >= 11 is 0. The van der Waals surface area contributed by atoms with Crippen molar-refractivity contribution in [3.8, 4) is 0 Å². The van der Waals surface area contributed by atoms with Gasteiger partial charge in [0.15, 0.2) is 10.9 Å². The van der Waals surface area contributed by atoms with Crippen LogP contribution in [0, 0.1) is 11.6 Å². The molecule has 0 spiro atoms. The first-order valence-electron chi connectivity index (χ1n) is 8.71. The molecule has 5 rings (SSSR count). The van der Waals surface area contributed by atoms with Gasteiger partial charge in [-0.15, -0.1) is 0 Å². The van der Waals surface area contributed by atoms with E-state index in [-0.39, 0.29) is 10.9 Å². The van der Waals surface area contributed by atoms with Crippen LogP contribution in [-0.4, -0.2) is 9.13 Å². The SMILES string of the molecule is Cn1c2cc(F)ccc2c(=O)c2cc3c(cc21)c(=O)c1ccc(F)cc1n3C. The standard InChI is InChI=1S/C22H14F2N2O2/c1-25-17-7-11(23)3-5-13(17)21(27)15-10-20-16(9-19(15)25)22(28)14-6-4-12(24)8-18(14)26(20)2/h3-10H,1-2H3. The lowest BCUT2D eigenvalue weighted by Gasteiger charge is -2.14. The summed E-state index contributed by atoms with van der Waals surface area (Å²) in [6.45, 7) is 0. The van der Waals surface area contributed by atoms with Gasteiger partial charge in [0, 0.05) is 35.6 Å². The van der Waals surface area contributed by atoms with E-state index in [0.717, 1.165) is 0 Å². The molecule has 0 radical (unpaired) electrons. The predicted octanol–water partition coefficient (Wildman–Crippen LogP) is 3.98. The largest absolute Gasteiger partial charge is 0.343 e. The fraction of sp³-hybridized carbons (Fsp3) is 0.0909. The minimum Gasteiger partial charge on any atom is -0.343 e. The molecular weight excluding hydrogens is 362 g/mol. The fourth-order valence-electron chi connectivity index (χ4n) is 3.99. The number of nitrogens with zero attached hydrogens (tertiary/aromatic N) is 2. The van der Waals surface area contributed by atoms with Gasteiger partial charge in [0.25, 0.3) is 0 Å². The monoisotopic (exact) mass is 376 g/mol. The zero-order valence-corrected chi connectivity index (χ0v) is 15.1. The average molecular weight is 376 g/mol. The number of aromatic nitrogens is 2. The van der Waals surface area contributed by atoms with E-state index in [4.69, 9.17) is 0 Å². The molecule has 0 saturated carbocycles. The van der Waals surface area contributed by atoms with Crippen molar-refractivity contribution in [1.82, 2.24) is 9.13 Å². The van der Waals surface area contributed by atoms with Crippen LogP contribution in [0.25, 0.3) is 43.6 Å². The topological polar surface area (TPSA) is 44.0 Å². The van der Waals surface area contributed by atoms with Crippen LogP contribution in [0.3, 0.4) is 0 Å². The van der Waals surface area contributed by atoms with E-state index in [2.05, 4.69) is 0 Å². The first kappa shape index (κ1) is 16.6. The minimum atomic E-state index is -0.438. The van der Waals surface area contributed by atoms with E-state index < -0.39 is 11.6 Å². The maximum atomic E-state index is 13.7. The molecule has 0 aliphatic heterocycles. The minimum absolute atomic E-state index is 0.239. The summed E-state index contributed by atoms with van der Waals surface area (Å²) in [5, 5.41) is 1.62. The molecule has 28 heavy (non-hydrogen) atoms. The molecule has 6 heteroatoms. The molecule has 4 nitrogen and oxygen atoms in total. The highest BCUT2D eigenvalue weighted by Gasteiger charge is 2.15. The molecule has 0 aliphatic rings. The summed E-state index contributed by atoms with van der Waals surface area (Å²) in [5.41, 5.74) is 1.50. The maximum absolute atomic E-state index is 13.7. The zero-order chi connectivity index (χ0) is 19.7. The van der Waals surface area contributed by atoms with Crippen LogP contribution in [0.1, 0.15) is 0 Å². The summed E-state index contributed by atoms with van der Waals surface area (Å²) in [7, 11) is 3.46. The zero-order valence-electron chi connectivity index (χ0n) is 15.1. The highest BCUT2D eigenvalue weighted by Crippen LogP contribution is 2.25. The summed E-state index contributed by atoms with van der Waals surface area (Å²) in [6.07, 6.45) is 0. The molecule has 0 bridgehead atoms. The highest BCUT2D eigenvalue weighted by molar-refractivity contribution is 6.03. The van der Waals surface area contributed by atoms with Gasteiger partial charge < -0.3 is 9.13 Å². The summed E-state index contributed by atoms with van der Waals surface area (Å²) in [5.74, 6) is -0.877. The maximum Gasteiger partial charge on any atom is 0.197 e. The smallest absolute Gasteiger partial charge is 0.197 e. The molecule has 138 valence electrons. The van der Waals surface area contributed by atoms with Gasteiger partial charge in [-0.25, -0.2) is 8.78 Å². The Hall–Kier alpha value is -3.54. The van der Waals surface area contributed by atoms with Gasteiger partial charge in [0.2, 0.25) is 0 Å². The van der Waals surface area contributed by atoms with Crippen molar-refractivity contribution in [2.45, 2.75) is 0 Å². The number of hydrogen-bond donors (Lipinski definition) is 0. The quantitative estimate of drug-likeness (QED) is 0.384. The average Bonchev–Trinajstić information content (AvgIpc) is 2.69. The van der Waals surface area contributed by atoms with Crippen molar-refractivity contribution in [2.75, 3.05) is 0 Å². The molecule has 0 atom stereocenters. The predicted molar refractivity (Wildman–Crippen MR) is 107 cm³/mol. The van der Waals surface area contributed by atoms with E-state index in [1.807, 2.05) is 0 Å². The molecule has 0 saturated heterocycles. The Kier molecular flexibility index (Phi) is 3.25. The molecule has 0 unspecified atom stereocenters. The number of pyridine rings is 2. The summed E-state index contributed by atoms with van der Waals surface area (Å²) < 4.78 is 30.9. The van der Waals surface area contributed by atoms with Crippen LogP contribution in [0.2, 0.25) is 0 Å². The third-order valence-electron chi connectivity index (χ3n) is 5.46. The number of rotatable bonds is 0. The lowest BCUT2D eigenvalue weighted by Crippen LogP contribution is -2.13. The van der Waals surface area contributed by atoms with E-state index in [0.29, 0.717) is 43.6 Å². The summed E-state index contributed by atoms with van der Waals surface area (Å²) in [6, 6.07) is 11.4. The van der Waals surface area contributed by atoms with Gasteiger partial charge in [0.05, 0.1) is 22.1 Å². The van der Waals surface area contributed by atoms with Crippen LogP contribution in [-0.2, 0) is 14.1 Å². The Morgan fingerprint density at radius 3 is 1.32 bits per heavy atom. The van der Waals surface area contributed by atoms with E-state index in [1.165, 1.54) is 36.4 Å². The van der Waals surface area contributed by atoms with Crippen LogP contribution in [0.4, 0.5) is 8.78 Å². The lowest BCUT2D eigenvalue weighted by atomic mass is 10.0. The van der Waals surface area contributed by atoms with Crippen LogP contribution in [0.15, 0.2) is 58.1 Å². The lowest BCUT2D eigenvalue weighted by molar-refractivity contribution is 0.628. The number of hydrogen-bond acceptors (Lipinski definition) is 2. The van der Waals surface area contributed by atoms with Crippen molar-refractivity contribution < 1.29 is 8.78 Å². The third kappa shape index (κ3) is 2.08. The summed E-state index contributed by atoms with van der Waals surface area (Å²) in [4.78, 5) is 26.1. The van der Waals surface area contributed by atoms with Crippen molar-refractivity contribution >= 4 is 43.6 Å². The Labute approximate surface area is 156 Å². The second-order valence-electron chi connectivity index (χ2n) is 6.99.